The lowest BCUT2D eigenvalue weighted by molar-refractivity contribution is 0.0544. The Labute approximate surface area is 147 Å². The Balaban J connectivity index is 2.22. The first-order valence-electron chi connectivity index (χ1n) is 7.18. The maximum absolute atomic E-state index is 12.6. The summed E-state index contributed by atoms with van der Waals surface area (Å²) >= 11 is 2.22. The number of aromatic nitrogens is 3. The van der Waals surface area contributed by atoms with Crippen LogP contribution in [0, 0.1) is 3.57 Å². The predicted molar refractivity (Wildman–Crippen MR) is 97.3 cm³/mol. The fourth-order valence-corrected chi connectivity index (χ4v) is 3.06. The van der Waals surface area contributed by atoms with Gasteiger partial charge in [0.2, 0.25) is 0 Å². The second-order valence-electron chi connectivity index (χ2n) is 6.14. The van der Waals surface area contributed by atoms with Gasteiger partial charge in [0.1, 0.15) is 5.60 Å². The third-order valence-electron chi connectivity index (χ3n) is 3.22. The number of nitrogens with zero attached hydrogens (tertiary/aromatic N) is 3. The Bertz CT molecular complexity index is 867. The molecule has 0 radical (unpaired) electrons. The molecular weight excluding hydrogens is 405 g/mol. The Kier molecular flexibility index (Phi) is 4.09. The van der Waals surface area contributed by atoms with Crippen molar-refractivity contribution in [3.8, 4) is 11.3 Å². The van der Waals surface area contributed by atoms with Crippen LogP contribution < -0.4 is 0 Å². The topological polar surface area (TPSA) is 57.0 Å². The molecule has 0 atom stereocenters. The molecule has 0 fully saturated rings. The average molecular weight is 421 g/mol. The van der Waals surface area contributed by atoms with Gasteiger partial charge >= 0.3 is 6.09 Å². The molecule has 0 saturated heterocycles. The van der Waals surface area contributed by atoms with Crippen molar-refractivity contribution >= 4 is 39.6 Å². The molecule has 2 heterocycles. The van der Waals surface area contributed by atoms with Crippen LogP contribution in [0.2, 0.25) is 0 Å². The number of ether oxygens (including phenoxy) is 1. The van der Waals surface area contributed by atoms with E-state index in [0.717, 1.165) is 25.7 Å². The number of rotatable bonds is 1. The van der Waals surface area contributed by atoms with Crippen molar-refractivity contribution in [1.82, 2.24) is 14.8 Å². The summed E-state index contributed by atoms with van der Waals surface area (Å²) in [5, 5.41) is 9.08. The lowest BCUT2D eigenvalue weighted by Gasteiger charge is -2.20. The zero-order valence-electron chi connectivity index (χ0n) is 13.1. The van der Waals surface area contributed by atoms with E-state index in [2.05, 4.69) is 32.8 Å². The van der Waals surface area contributed by atoms with Crippen molar-refractivity contribution in [2.75, 3.05) is 0 Å². The molecule has 3 aromatic rings. The Morgan fingerprint density at radius 1 is 1.22 bits per heavy atom. The molecule has 6 heteroatoms. The molecule has 0 saturated carbocycles. The minimum absolute atomic E-state index is 0.401. The lowest BCUT2D eigenvalue weighted by atomic mass is 10.1. The fraction of sp³-hybridized carbons (Fsp3) is 0.235. The zero-order valence-corrected chi connectivity index (χ0v) is 15.2. The highest BCUT2D eigenvalue weighted by Crippen LogP contribution is 2.32. The van der Waals surface area contributed by atoms with Crippen LogP contribution in [0.4, 0.5) is 4.79 Å². The zero-order chi connectivity index (χ0) is 16.6. The Morgan fingerprint density at radius 2 is 2.00 bits per heavy atom. The molecule has 0 aliphatic carbocycles. The van der Waals surface area contributed by atoms with Gasteiger partial charge < -0.3 is 4.74 Å². The van der Waals surface area contributed by atoms with Gasteiger partial charge in [-0.1, -0.05) is 18.2 Å². The molecule has 3 rings (SSSR count). The maximum Gasteiger partial charge on any atom is 0.419 e. The second-order valence-corrected chi connectivity index (χ2v) is 7.30. The van der Waals surface area contributed by atoms with Crippen LogP contribution in [0.3, 0.4) is 0 Å². The van der Waals surface area contributed by atoms with E-state index >= 15 is 0 Å². The fourth-order valence-electron chi connectivity index (χ4n) is 2.35. The molecule has 23 heavy (non-hydrogen) atoms. The van der Waals surface area contributed by atoms with E-state index < -0.39 is 11.7 Å². The quantitative estimate of drug-likeness (QED) is 0.544. The maximum atomic E-state index is 12.6. The van der Waals surface area contributed by atoms with Crippen molar-refractivity contribution in [3.63, 3.8) is 0 Å². The number of hydrogen-bond acceptors (Lipinski definition) is 4. The summed E-state index contributed by atoms with van der Waals surface area (Å²) in [5.74, 6) is 0. The summed E-state index contributed by atoms with van der Waals surface area (Å²) in [7, 11) is 0. The van der Waals surface area contributed by atoms with E-state index in [9.17, 15) is 4.79 Å². The number of fused-ring (bicyclic) bond motifs is 1. The van der Waals surface area contributed by atoms with Crippen molar-refractivity contribution in [3.05, 3.63) is 46.3 Å². The third-order valence-corrected chi connectivity index (χ3v) is 4.07. The van der Waals surface area contributed by atoms with Gasteiger partial charge in [-0.15, -0.1) is 0 Å². The molecule has 0 bridgehead atoms. The molecule has 0 spiro atoms. The van der Waals surface area contributed by atoms with Crippen molar-refractivity contribution < 1.29 is 9.53 Å². The van der Waals surface area contributed by atoms with Gasteiger partial charge in [0, 0.05) is 26.9 Å². The number of carbonyl (C=O) groups excluding carboxylic acids is 1. The molecule has 0 amide bonds. The summed E-state index contributed by atoms with van der Waals surface area (Å²) in [6, 6.07) is 9.57. The highest BCUT2D eigenvalue weighted by Gasteiger charge is 2.22. The van der Waals surface area contributed by atoms with Crippen LogP contribution in [0.25, 0.3) is 22.2 Å². The minimum atomic E-state index is -0.555. The third kappa shape index (κ3) is 3.21. The van der Waals surface area contributed by atoms with E-state index in [1.54, 1.807) is 17.0 Å². The van der Waals surface area contributed by atoms with E-state index in [1.165, 1.54) is 0 Å². The van der Waals surface area contributed by atoms with E-state index in [0.29, 0.717) is 0 Å². The summed E-state index contributed by atoms with van der Waals surface area (Å²) in [6.45, 7) is 5.56. The van der Waals surface area contributed by atoms with Gasteiger partial charge in [-0.3, -0.25) is 4.57 Å². The monoisotopic (exact) mass is 421 g/mol. The predicted octanol–water partition coefficient (Wildman–Crippen LogP) is 4.49. The SMILES string of the molecule is CC(C)(C)OC(=O)n1cc(I)c2cccc(-c3cccnn3)c21. The van der Waals surface area contributed by atoms with Crippen LogP contribution in [0.1, 0.15) is 20.8 Å². The van der Waals surface area contributed by atoms with Gasteiger partial charge in [0.15, 0.2) is 0 Å². The minimum Gasteiger partial charge on any atom is -0.443 e. The Hall–Kier alpha value is -1.96. The van der Waals surface area contributed by atoms with Crippen LogP contribution in [-0.2, 0) is 4.74 Å². The summed E-state index contributed by atoms with van der Waals surface area (Å²) in [6.07, 6.45) is 3.01. The summed E-state index contributed by atoms with van der Waals surface area (Å²) in [5.41, 5.74) is 1.80. The molecular formula is C17H16IN3O2. The van der Waals surface area contributed by atoms with Gasteiger partial charge in [0.25, 0.3) is 0 Å². The number of carbonyl (C=O) groups is 1. The molecule has 118 valence electrons. The van der Waals surface area contributed by atoms with Crippen LogP contribution in [-0.4, -0.2) is 26.5 Å². The molecule has 0 unspecified atom stereocenters. The van der Waals surface area contributed by atoms with E-state index in [4.69, 9.17) is 4.74 Å². The Morgan fingerprint density at radius 3 is 2.65 bits per heavy atom. The largest absolute Gasteiger partial charge is 0.443 e. The smallest absolute Gasteiger partial charge is 0.419 e. The van der Waals surface area contributed by atoms with E-state index in [1.807, 2.05) is 51.1 Å². The highest BCUT2D eigenvalue weighted by molar-refractivity contribution is 14.1. The molecule has 0 aliphatic heterocycles. The van der Waals surface area contributed by atoms with Crippen LogP contribution >= 0.6 is 22.6 Å². The van der Waals surface area contributed by atoms with Crippen LogP contribution in [0.15, 0.2) is 42.7 Å². The first-order valence-corrected chi connectivity index (χ1v) is 8.26. The van der Waals surface area contributed by atoms with Crippen molar-refractivity contribution in [2.45, 2.75) is 26.4 Å². The highest BCUT2D eigenvalue weighted by atomic mass is 127. The molecule has 5 nitrogen and oxygen atoms in total. The molecule has 0 aliphatic rings. The molecule has 1 aromatic carbocycles. The van der Waals surface area contributed by atoms with Gasteiger partial charge in [-0.05, 0) is 55.5 Å². The standard InChI is InChI=1S/C17H16IN3O2/c1-17(2,3)23-16(22)21-10-13(18)11-6-4-7-12(15(11)21)14-8-5-9-19-20-14/h4-10H,1-3H3. The number of para-hydroxylation sites is 1. The molecule has 0 N–H and O–H groups in total. The second kappa shape index (κ2) is 5.92. The van der Waals surface area contributed by atoms with Gasteiger partial charge in [-0.25, -0.2) is 4.79 Å². The first-order chi connectivity index (χ1) is 10.9. The number of halogens is 1. The average Bonchev–Trinajstić information content (AvgIpc) is 2.84. The summed E-state index contributed by atoms with van der Waals surface area (Å²) < 4.78 is 8.05. The van der Waals surface area contributed by atoms with Crippen molar-refractivity contribution in [2.24, 2.45) is 0 Å². The van der Waals surface area contributed by atoms with Gasteiger partial charge in [0.05, 0.1) is 11.2 Å². The van der Waals surface area contributed by atoms with Crippen LogP contribution in [0.5, 0.6) is 0 Å². The molecule has 2 aromatic heterocycles. The summed E-state index contributed by atoms with van der Waals surface area (Å²) in [4.78, 5) is 12.6. The number of benzene rings is 1. The van der Waals surface area contributed by atoms with E-state index in [-0.39, 0.29) is 0 Å². The van der Waals surface area contributed by atoms with Crippen molar-refractivity contribution in [1.29, 1.82) is 0 Å². The normalized spacial score (nSPS) is 11.7. The van der Waals surface area contributed by atoms with Gasteiger partial charge in [-0.2, -0.15) is 10.2 Å². The lowest BCUT2D eigenvalue weighted by Crippen LogP contribution is -2.26. The number of hydrogen-bond donors (Lipinski definition) is 0. The first kappa shape index (κ1) is 15.9.